The Labute approximate surface area is 157 Å². The fourth-order valence-corrected chi connectivity index (χ4v) is 3.52. The number of aliphatic hydroxyl groups is 1. The van der Waals surface area contributed by atoms with Crippen LogP contribution >= 0.6 is 11.3 Å². The normalized spacial score (nSPS) is 12.7. The van der Waals surface area contributed by atoms with Crippen LogP contribution < -0.4 is 10.6 Å². The van der Waals surface area contributed by atoms with Gasteiger partial charge in [0.25, 0.3) is 0 Å². The van der Waals surface area contributed by atoms with Crippen molar-refractivity contribution >= 4 is 34.3 Å². The van der Waals surface area contributed by atoms with Crippen LogP contribution in [-0.4, -0.2) is 37.3 Å². The third kappa shape index (κ3) is 3.96. The zero-order valence-electron chi connectivity index (χ0n) is 15.7. The molecule has 3 N–H and O–H groups in total. The molecule has 26 heavy (non-hydrogen) atoms. The van der Waals surface area contributed by atoms with E-state index >= 15 is 0 Å². The van der Waals surface area contributed by atoms with Gasteiger partial charge < -0.3 is 20.3 Å². The van der Waals surface area contributed by atoms with Crippen LogP contribution in [0, 0.1) is 6.92 Å². The van der Waals surface area contributed by atoms with E-state index < -0.39 is 0 Å². The monoisotopic (exact) mass is 374 g/mol. The summed E-state index contributed by atoms with van der Waals surface area (Å²) in [6.45, 7) is 9.04. The first-order valence-electron chi connectivity index (χ1n) is 8.93. The molecule has 0 aliphatic carbocycles. The molecule has 0 fully saturated rings. The van der Waals surface area contributed by atoms with Gasteiger partial charge in [0, 0.05) is 15.8 Å². The molecule has 3 aromatic heterocycles. The molecule has 0 amide bonds. The average Bonchev–Trinajstić information content (AvgIpc) is 3.23. The van der Waals surface area contributed by atoms with Crippen molar-refractivity contribution in [2.45, 2.75) is 52.7 Å². The van der Waals surface area contributed by atoms with E-state index in [1.165, 1.54) is 9.75 Å². The zero-order chi connectivity index (χ0) is 18.7. The van der Waals surface area contributed by atoms with Crippen LogP contribution in [0.2, 0.25) is 0 Å². The highest BCUT2D eigenvalue weighted by Gasteiger charge is 2.16. The van der Waals surface area contributed by atoms with Crippen LogP contribution in [0.25, 0.3) is 11.2 Å². The van der Waals surface area contributed by atoms with Crippen molar-refractivity contribution < 1.29 is 5.11 Å². The Kier molecular flexibility index (Phi) is 5.73. The molecule has 0 radical (unpaired) electrons. The van der Waals surface area contributed by atoms with E-state index in [1.54, 1.807) is 17.7 Å². The van der Waals surface area contributed by atoms with E-state index in [0.717, 1.165) is 17.6 Å². The Morgan fingerprint density at radius 3 is 2.69 bits per heavy atom. The number of aromatic nitrogens is 4. The highest BCUT2D eigenvalue weighted by molar-refractivity contribution is 7.11. The summed E-state index contributed by atoms with van der Waals surface area (Å²) >= 11 is 1.76. The minimum absolute atomic E-state index is 0.0403. The standard InChI is InChI=1S/C18H26N6OS/c1-5-13(9-25)21-18-22-16(19-8-14-7-6-12(4)26-14)15-17(23-18)24(10-20-15)11(2)3/h6-7,10-11,13,25H,5,8-9H2,1-4H3,(H2,19,21,22,23)/t13-/m1/s1. The smallest absolute Gasteiger partial charge is 0.227 e. The van der Waals surface area contributed by atoms with Crippen molar-refractivity contribution in [1.29, 1.82) is 0 Å². The second-order valence-electron chi connectivity index (χ2n) is 6.61. The number of aryl methyl sites for hydroxylation is 1. The van der Waals surface area contributed by atoms with Crippen LogP contribution in [0.15, 0.2) is 18.5 Å². The molecule has 0 bridgehead atoms. The van der Waals surface area contributed by atoms with Crippen LogP contribution in [0.4, 0.5) is 11.8 Å². The van der Waals surface area contributed by atoms with Gasteiger partial charge in [-0.25, -0.2) is 4.98 Å². The quantitative estimate of drug-likeness (QED) is 0.559. The molecule has 7 nitrogen and oxygen atoms in total. The number of hydrogen-bond acceptors (Lipinski definition) is 7. The minimum atomic E-state index is -0.0735. The van der Waals surface area contributed by atoms with Crippen LogP contribution in [-0.2, 0) is 6.54 Å². The molecule has 0 aliphatic rings. The van der Waals surface area contributed by atoms with E-state index in [4.69, 9.17) is 0 Å². The number of fused-ring (bicyclic) bond motifs is 1. The predicted molar refractivity (Wildman–Crippen MR) is 107 cm³/mol. The second kappa shape index (κ2) is 8.01. The molecule has 0 saturated heterocycles. The van der Waals surface area contributed by atoms with Gasteiger partial charge in [0.15, 0.2) is 17.0 Å². The predicted octanol–water partition coefficient (Wildman–Crippen LogP) is 3.57. The molecule has 140 valence electrons. The summed E-state index contributed by atoms with van der Waals surface area (Å²) in [6.07, 6.45) is 2.59. The lowest BCUT2D eigenvalue weighted by atomic mass is 10.2. The summed E-state index contributed by atoms with van der Waals surface area (Å²) in [5.74, 6) is 1.21. The fourth-order valence-electron chi connectivity index (χ4n) is 2.69. The van der Waals surface area contributed by atoms with Crippen molar-refractivity contribution in [3.05, 3.63) is 28.2 Å². The average molecular weight is 375 g/mol. The van der Waals surface area contributed by atoms with E-state index in [2.05, 4.69) is 58.5 Å². The van der Waals surface area contributed by atoms with Gasteiger partial charge >= 0.3 is 0 Å². The number of nitrogens with zero attached hydrogens (tertiary/aromatic N) is 4. The number of rotatable bonds is 8. The Hall–Kier alpha value is -2.19. The first kappa shape index (κ1) is 18.6. The Balaban J connectivity index is 1.95. The molecule has 3 aromatic rings. The minimum Gasteiger partial charge on any atom is -0.394 e. The Bertz CT molecular complexity index is 868. The van der Waals surface area contributed by atoms with Crippen LogP contribution in [0.3, 0.4) is 0 Å². The summed E-state index contributed by atoms with van der Waals surface area (Å²) in [5.41, 5.74) is 1.55. The summed E-state index contributed by atoms with van der Waals surface area (Å²) in [4.78, 5) is 16.3. The van der Waals surface area contributed by atoms with E-state index in [9.17, 15) is 5.11 Å². The molecule has 0 saturated carbocycles. The highest BCUT2D eigenvalue weighted by Crippen LogP contribution is 2.25. The summed E-state index contributed by atoms with van der Waals surface area (Å²) in [5, 5.41) is 16.1. The topological polar surface area (TPSA) is 87.9 Å². The van der Waals surface area contributed by atoms with Crippen molar-refractivity contribution in [3.63, 3.8) is 0 Å². The molecule has 1 atom stereocenters. The van der Waals surface area contributed by atoms with Crippen LogP contribution in [0.1, 0.15) is 43.0 Å². The van der Waals surface area contributed by atoms with Gasteiger partial charge in [-0.15, -0.1) is 11.3 Å². The highest BCUT2D eigenvalue weighted by atomic mass is 32.1. The molecular formula is C18H26N6OS. The molecule has 8 heteroatoms. The van der Waals surface area contributed by atoms with Crippen molar-refractivity contribution in [2.75, 3.05) is 17.2 Å². The molecule has 0 aromatic carbocycles. The van der Waals surface area contributed by atoms with Gasteiger partial charge in [0.1, 0.15) is 0 Å². The number of thiophene rings is 1. The van der Waals surface area contributed by atoms with Gasteiger partial charge in [-0.05, 0) is 39.3 Å². The molecule has 0 spiro atoms. The van der Waals surface area contributed by atoms with E-state index in [0.29, 0.717) is 18.3 Å². The van der Waals surface area contributed by atoms with Gasteiger partial charge in [-0.1, -0.05) is 6.92 Å². The third-order valence-electron chi connectivity index (χ3n) is 4.25. The number of anilines is 2. The number of hydrogen-bond donors (Lipinski definition) is 3. The second-order valence-corrected chi connectivity index (χ2v) is 7.98. The van der Waals surface area contributed by atoms with Gasteiger partial charge in [0.05, 0.1) is 25.5 Å². The van der Waals surface area contributed by atoms with Crippen molar-refractivity contribution in [2.24, 2.45) is 0 Å². The number of imidazole rings is 1. The van der Waals surface area contributed by atoms with Gasteiger partial charge in [-0.2, -0.15) is 9.97 Å². The first-order chi connectivity index (χ1) is 12.5. The third-order valence-corrected chi connectivity index (χ3v) is 5.25. The fraction of sp³-hybridized carbons (Fsp3) is 0.500. The molecule has 3 rings (SSSR count). The maximum absolute atomic E-state index is 9.48. The summed E-state index contributed by atoms with van der Waals surface area (Å²) in [6, 6.07) is 4.41. The van der Waals surface area contributed by atoms with Gasteiger partial charge in [0.2, 0.25) is 5.95 Å². The van der Waals surface area contributed by atoms with E-state index in [-0.39, 0.29) is 18.7 Å². The largest absolute Gasteiger partial charge is 0.394 e. The molecule has 0 aliphatic heterocycles. The number of nitrogens with one attached hydrogen (secondary N) is 2. The number of aliphatic hydroxyl groups excluding tert-OH is 1. The molecule has 3 heterocycles. The van der Waals surface area contributed by atoms with E-state index in [1.807, 2.05) is 11.5 Å². The Morgan fingerprint density at radius 1 is 1.27 bits per heavy atom. The zero-order valence-corrected chi connectivity index (χ0v) is 16.5. The van der Waals surface area contributed by atoms with Crippen molar-refractivity contribution in [1.82, 2.24) is 19.5 Å². The van der Waals surface area contributed by atoms with Crippen LogP contribution in [0.5, 0.6) is 0 Å². The lowest BCUT2D eigenvalue weighted by Crippen LogP contribution is -2.24. The lowest BCUT2D eigenvalue weighted by molar-refractivity contribution is 0.271. The Morgan fingerprint density at radius 2 is 2.08 bits per heavy atom. The SMILES string of the molecule is CC[C@H](CO)Nc1nc(NCc2ccc(C)s2)c2ncn(C(C)C)c2n1. The lowest BCUT2D eigenvalue weighted by Gasteiger charge is -2.16. The van der Waals surface area contributed by atoms with Gasteiger partial charge in [-0.3, -0.25) is 0 Å². The maximum Gasteiger partial charge on any atom is 0.227 e. The molecule has 0 unspecified atom stereocenters. The maximum atomic E-state index is 9.48. The summed E-state index contributed by atoms with van der Waals surface area (Å²) in [7, 11) is 0. The first-order valence-corrected chi connectivity index (χ1v) is 9.74. The van der Waals surface area contributed by atoms with Crippen molar-refractivity contribution in [3.8, 4) is 0 Å². The summed E-state index contributed by atoms with van der Waals surface area (Å²) < 4.78 is 2.03. The molecular weight excluding hydrogens is 348 g/mol.